The van der Waals surface area contributed by atoms with Gasteiger partial charge in [0.25, 0.3) is 0 Å². The van der Waals surface area contributed by atoms with E-state index in [1.807, 2.05) is 50.2 Å². The van der Waals surface area contributed by atoms with Crippen molar-refractivity contribution < 1.29 is 21.1 Å². The molecule has 2 aromatic carbocycles. The minimum Gasteiger partial charge on any atom is -0.781 e. The minimum atomic E-state index is 0. The molecule has 0 atom stereocenters. The first-order valence-electron chi connectivity index (χ1n) is 5.29. The van der Waals surface area contributed by atoms with E-state index in [4.69, 9.17) is 50.5 Å². The Morgan fingerprint density at radius 3 is 1.11 bits per heavy atom. The van der Waals surface area contributed by atoms with Crippen LogP contribution in [0.4, 0.5) is 0 Å². The predicted octanol–water partition coefficient (Wildman–Crippen LogP) is 3.61. The quantitative estimate of drug-likeness (QED) is 0.504. The van der Waals surface area contributed by atoms with Gasteiger partial charge in [-0.1, -0.05) is 47.5 Å². The zero-order chi connectivity index (χ0) is 13.7. The first kappa shape index (κ1) is 19.0. The summed E-state index contributed by atoms with van der Waals surface area (Å²) >= 11 is 19.7. The van der Waals surface area contributed by atoms with E-state index in [1.165, 1.54) is 11.1 Å². The molecule has 0 spiro atoms. The maximum atomic E-state index is 4.94. The van der Waals surface area contributed by atoms with E-state index in [1.54, 1.807) is 0 Å². The van der Waals surface area contributed by atoms with Crippen molar-refractivity contribution in [3.8, 4) is 0 Å². The van der Waals surface area contributed by atoms with Crippen molar-refractivity contribution in [3.05, 3.63) is 47.5 Å². The molecule has 0 aliphatic heterocycles. The van der Waals surface area contributed by atoms with Gasteiger partial charge in [0.1, 0.15) is 0 Å². The molecule has 0 saturated carbocycles. The van der Waals surface area contributed by atoms with Crippen molar-refractivity contribution >= 4 is 50.5 Å². The number of benzene rings is 2. The zero-order valence-corrected chi connectivity index (χ0v) is 16.0. The fraction of sp³-hybridized carbons (Fsp3) is 0.143. The van der Waals surface area contributed by atoms with Crippen LogP contribution in [-0.2, 0) is 71.6 Å². The Labute approximate surface area is 151 Å². The molecule has 0 heterocycles. The van der Waals surface area contributed by atoms with Gasteiger partial charge < -0.3 is 50.5 Å². The van der Waals surface area contributed by atoms with Gasteiger partial charge in [-0.25, -0.2) is 0 Å². The van der Waals surface area contributed by atoms with Crippen LogP contribution in [0.15, 0.2) is 56.0 Å². The maximum Gasteiger partial charge on any atom is 4.00 e. The number of aryl methyl sites for hydroxylation is 2. The molecule has 0 aromatic heterocycles. The fourth-order valence-corrected chi connectivity index (χ4v) is 1.99. The SMILES string of the molecule is Cc1ccc([S-])c([S-])c1.Cc1ccc([S-])c([S-])c1.[Pt+4]. The van der Waals surface area contributed by atoms with Crippen molar-refractivity contribution in [1.29, 1.82) is 0 Å². The van der Waals surface area contributed by atoms with Crippen LogP contribution in [0.5, 0.6) is 0 Å². The van der Waals surface area contributed by atoms with Gasteiger partial charge in [0, 0.05) is 0 Å². The normalized spacial score (nSPS) is 8.95. The van der Waals surface area contributed by atoms with Crippen LogP contribution in [-0.4, -0.2) is 0 Å². The Hall–Kier alpha value is 0.00831. The smallest absolute Gasteiger partial charge is 0.781 e. The molecule has 5 heteroatoms. The van der Waals surface area contributed by atoms with E-state index in [0.717, 1.165) is 19.6 Å². The maximum absolute atomic E-state index is 4.94. The zero-order valence-electron chi connectivity index (χ0n) is 10.4. The number of hydrogen-bond acceptors (Lipinski definition) is 4. The first-order valence-corrected chi connectivity index (χ1v) is 6.93. The summed E-state index contributed by atoms with van der Waals surface area (Å²) < 4.78 is 0. The van der Waals surface area contributed by atoms with Gasteiger partial charge in [0.2, 0.25) is 0 Å². The molecular weight excluding hydrogens is 492 g/mol. The van der Waals surface area contributed by atoms with E-state index in [2.05, 4.69) is 0 Å². The third-order valence-corrected chi connectivity index (χ3v) is 3.84. The molecular formula is C14H12PtS4. The molecule has 0 aliphatic carbocycles. The van der Waals surface area contributed by atoms with Crippen LogP contribution in [0.3, 0.4) is 0 Å². The predicted molar refractivity (Wildman–Crippen MR) is 84.9 cm³/mol. The van der Waals surface area contributed by atoms with Crippen LogP contribution in [0.2, 0.25) is 0 Å². The summed E-state index contributed by atoms with van der Waals surface area (Å²) in [6.07, 6.45) is 0. The van der Waals surface area contributed by atoms with Gasteiger partial charge >= 0.3 is 21.1 Å². The Morgan fingerprint density at radius 2 is 0.895 bits per heavy atom. The van der Waals surface area contributed by atoms with Crippen molar-refractivity contribution in [1.82, 2.24) is 0 Å². The number of hydrogen-bond donors (Lipinski definition) is 0. The van der Waals surface area contributed by atoms with E-state index < -0.39 is 0 Å². The summed E-state index contributed by atoms with van der Waals surface area (Å²) in [6.45, 7) is 4.01. The fourth-order valence-electron chi connectivity index (χ4n) is 1.23. The van der Waals surface area contributed by atoms with Gasteiger partial charge in [-0.2, -0.15) is 19.6 Å². The molecule has 0 saturated heterocycles. The molecule has 2 rings (SSSR count). The van der Waals surface area contributed by atoms with Crippen LogP contribution in [0.1, 0.15) is 11.1 Å². The van der Waals surface area contributed by atoms with Crippen LogP contribution >= 0.6 is 0 Å². The Morgan fingerprint density at radius 1 is 0.579 bits per heavy atom. The van der Waals surface area contributed by atoms with Crippen molar-refractivity contribution in [2.45, 2.75) is 33.4 Å². The summed E-state index contributed by atoms with van der Waals surface area (Å²) in [6, 6.07) is 11.5. The molecule has 0 nitrogen and oxygen atoms in total. The third-order valence-electron chi connectivity index (χ3n) is 2.20. The summed E-state index contributed by atoms with van der Waals surface area (Å²) in [5.74, 6) is 0. The van der Waals surface area contributed by atoms with Crippen molar-refractivity contribution in [3.63, 3.8) is 0 Å². The Balaban J connectivity index is 0.000000324. The molecule has 19 heavy (non-hydrogen) atoms. The second-order valence-corrected chi connectivity index (χ2v) is 5.66. The largest absolute Gasteiger partial charge is 4.00 e. The van der Waals surface area contributed by atoms with Gasteiger partial charge in [-0.15, -0.1) is 0 Å². The Bertz CT molecular complexity index is 491. The average Bonchev–Trinajstić information content (AvgIpc) is 2.30. The molecule has 0 N–H and O–H groups in total. The van der Waals surface area contributed by atoms with E-state index in [-0.39, 0.29) is 21.1 Å². The van der Waals surface area contributed by atoms with Gasteiger partial charge in [0.15, 0.2) is 0 Å². The molecule has 0 bridgehead atoms. The number of rotatable bonds is 0. The van der Waals surface area contributed by atoms with Gasteiger partial charge in [-0.3, -0.25) is 0 Å². The molecule has 0 fully saturated rings. The monoisotopic (exact) mass is 503 g/mol. The second kappa shape index (κ2) is 9.04. The van der Waals surface area contributed by atoms with E-state index in [9.17, 15) is 0 Å². The van der Waals surface area contributed by atoms with Gasteiger partial charge in [-0.05, 0) is 13.8 Å². The van der Waals surface area contributed by atoms with E-state index >= 15 is 0 Å². The summed E-state index contributed by atoms with van der Waals surface area (Å²) in [7, 11) is 0. The van der Waals surface area contributed by atoms with Crippen molar-refractivity contribution in [2.75, 3.05) is 0 Å². The molecule has 0 amide bonds. The molecule has 2 aromatic rings. The molecule has 0 unspecified atom stereocenters. The summed E-state index contributed by atoms with van der Waals surface area (Å²) in [5.41, 5.74) is 2.35. The van der Waals surface area contributed by atoms with Crippen LogP contribution < -0.4 is 0 Å². The van der Waals surface area contributed by atoms with Crippen LogP contribution in [0.25, 0.3) is 0 Å². The third kappa shape index (κ3) is 6.82. The first-order chi connectivity index (χ1) is 8.40. The summed E-state index contributed by atoms with van der Waals surface area (Å²) in [5, 5.41) is 0. The summed E-state index contributed by atoms with van der Waals surface area (Å²) in [4.78, 5) is 3.11. The molecule has 0 radical (unpaired) electrons. The second-order valence-electron chi connectivity index (χ2n) is 3.90. The average molecular weight is 504 g/mol. The Kier molecular flexibility index (Phi) is 9.04. The van der Waals surface area contributed by atoms with Crippen molar-refractivity contribution in [2.24, 2.45) is 0 Å². The molecule has 102 valence electrons. The molecule has 0 aliphatic rings. The topological polar surface area (TPSA) is 0 Å². The standard InChI is InChI=1S/2C7H8S2.Pt/c2*1-5-2-3-6(8)7(9)4-5;/h2*2-4,8-9H,1H3;/q;;+4/p-4. The van der Waals surface area contributed by atoms with E-state index in [0.29, 0.717) is 0 Å². The minimum absolute atomic E-state index is 0. The van der Waals surface area contributed by atoms with Crippen LogP contribution in [0, 0.1) is 13.8 Å². The van der Waals surface area contributed by atoms with Gasteiger partial charge in [0.05, 0.1) is 0 Å².